The molecule has 0 saturated carbocycles. The zero-order valence-corrected chi connectivity index (χ0v) is 46.0. The number of hydrogen-bond donors (Lipinski definition) is 0. The number of aromatic nitrogens is 4. The number of para-hydroxylation sites is 1. The van der Waals surface area contributed by atoms with Crippen LogP contribution in [0, 0.1) is 34.5 Å². The number of nitrogens with zero attached hydrogens (tertiary/aromatic N) is 4. The molecule has 7 aromatic heterocycles. The first-order valence-corrected chi connectivity index (χ1v) is 28.2. The Morgan fingerprint density at radius 2 is 0.870 bits per heavy atom. The first-order valence-electron chi connectivity index (χ1n) is 28.8. The summed E-state index contributed by atoms with van der Waals surface area (Å²) < 4.78 is 55.2. The van der Waals surface area contributed by atoms with Crippen molar-refractivity contribution in [3.8, 4) is 33.8 Å². The predicted molar refractivity (Wildman–Crippen MR) is 332 cm³/mol. The third-order valence-electron chi connectivity index (χ3n) is 15.2. The maximum Gasteiger partial charge on any atom is 0.271 e. The molecular weight excluding hydrogens is 993 g/mol. The van der Waals surface area contributed by atoms with E-state index < -0.39 is 13.7 Å². The quantitative estimate of drug-likeness (QED) is 0.162. The molecule has 15 aromatic rings. The topological polar surface area (TPSA) is 24.5 Å². The summed E-state index contributed by atoms with van der Waals surface area (Å²) >= 11 is 5.37. The Morgan fingerprint density at radius 1 is 0.364 bits per heavy atom. The average molecular weight is 1060 g/mol. The second-order valence-electron chi connectivity index (χ2n) is 20.1. The van der Waals surface area contributed by atoms with Gasteiger partial charge in [0.2, 0.25) is 17.1 Å². The van der Waals surface area contributed by atoms with E-state index in [-0.39, 0.29) is 0 Å². The standard InChI is InChI=1S/C24H20NS.C23H19N2S.C23H18NS/c1-15-8-9-19(16(2)12-15)22-11-10-20-21-13-17-6-4-5-7-18(17)14-23(21)26-24(20)25(22)3;1-14-8-9-17(15(2)12-14)21-11-10-18-19-13-16-6-4-5-7-20(16)24-22(19)26-23(18)25(21)3;1-15-7-3-5-9-17(15)20-13-12-19-22-18-10-6-4-8-16(18)11-14-21(22)25-23(19)24(20)2/h4-14H,1-3H3;4-13H,1-3H3;3-14H,1-2H3/q3*+1/i2*1D3;. The second-order valence-corrected chi connectivity index (χ2v) is 23.1. The van der Waals surface area contributed by atoms with Crippen LogP contribution in [0.25, 0.3) is 127 Å². The van der Waals surface area contributed by atoms with Crippen LogP contribution in [0.3, 0.4) is 0 Å². The smallest absolute Gasteiger partial charge is 0.237 e. The summed E-state index contributed by atoms with van der Waals surface area (Å²) in [6.45, 7) is 1.95. The number of benzene rings is 8. The summed E-state index contributed by atoms with van der Waals surface area (Å²) in [6, 6.07) is 69.1. The lowest BCUT2D eigenvalue weighted by Gasteiger charge is -2.06. The summed E-state index contributed by atoms with van der Waals surface area (Å²) in [4.78, 5) is 9.58. The molecule has 0 saturated heterocycles. The molecule has 4 nitrogen and oxygen atoms in total. The largest absolute Gasteiger partial charge is 0.271 e. The van der Waals surface area contributed by atoms with Gasteiger partial charge in [-0.3, -0.25) is 0 Å². The molecule has 0 amide bonds. The van der Waals surface area contributed by atoms with E-state index in [0.717, 1.165) is 54.2 Å². The summed E-state index contributed by atoms with van der Waals surface area (Å²) in [6.07, 6.45) is 0. The molecule has 7 heterocycles. The van der Waals surface area contributed by atoms with Crippen molar-refractivity contribution in [1.82, 2.24) is 4.98 Å². The second kappa shape index (κ2) is 19.4. The highest BCUT2D eigenvalue weighted by atomic mass is 32.1. The van der Waals surface area contributed by atoms with Crippen molar-refractivity contribution in [1.29, 1.82) is 0 Å². The van der Waals surface area contributed by atoms with Gasteiger partial charge in [-0.1, -0.05) is 149 Å². The van der Waals surface area contributed by atoms with E-state index in [9.17, 15) is 0 Å². The van der Waals surface area contributed by atoms with Crippen LogP contribution in [0.5, 0.6) is 0 Å². The van der Waals surface area contributed by atoms with Crippen molar-refractivity contribution in [2.24, 2.45) is 21.1 Å². The van der Waals surface area contributed by atoms with Crippen molar-refractivity contribution in [2.45, 2.75) is 34.5 Å². The Morgan fingerprint density at radius 3 is 1.52 bits per heavy atom. The Labute approximate surface area is 469 Å². The molecule has 0 N–H and O–H groups in total. The van der Waals surface area contributed by atoms with Crippen LogP contribution in [0.15, 0.2) is 200 Å². The molecule has 77 heavy (non-hydrogen) atoms. The highest BCUT2D eigenvalue weighted by Crippen LogP contribution is 2.40. The molecule has 372 valence electrons. The van der Waals surface area contributed by atoms with Gasteiger partial charge in [0.15, 0.2) is 0 Å². The minimum atomic E-state index is -2.09. The summed E-state index contributed by atoms with van der Waals surface area (Å²) in [5, 5.41) is 13.9. The number of pyridine rings is 4. The van der Waals surface area contributed by atoms with Gasteiger partial charge in [-0.15, -0.1) is 0 Å². The predicted octanol–water partition coefficient (Wildman–Crippen LogP) is 18.0. The first kappa shape index (κ1) is 42.0. The number of aryl methyl sites for hydroxylation is 8. The normalized spacial score (nSPS) is 13.1. The maximum atomic E-state index is 7.65. The highest BCUT2D eigenvalue weighted by molar-refractivity contribution is 7.25. The third kappa shape index (κ3) is 8.50. The minimum absolute atomic E-state index is 0.375. The highest BCUT2D eigenvalue weighted by Gasteiger charge is 2.23. The van der Waals surface area contributed by atoms with Gasteiger partial charge in [0.1, 0.15) is 26.0 Å². The summed E-state index contributed by atoms with van der Waals surface area (Å²) in [5.74, 6) is 0. The van der Waals surface area contributed by atoms with Gasteiger partial charge in [0.05, 0.1) is 21.7 Å². The molecule has 0 bridgehead atoms. The van der Waals surface area contributed by atoms with Crippen LogP contribution in [0.1, 0.15) is 36.0 Å². The fourth-order valence-corrected chi connectivity index (χ4v) is 14.8. The van der Waals surface area contributed by atoms with Gasteiger partial charge in [-0.2, -0.15) is 13.7 Å². The Hall–Kier alpha value is -8.20. The molecule has 15 rings (SSSR count). The molecular formula is C70H57N4S3+3. The fraction of sp³-hybridized carbons (Fsp3) is 0.114. The number of thiophene rings is 3. The van der Waals surface area contributed by atoms with Crippen LogP contribution < -0.4 is 13.7 Å². The van der Waals surface area contributed by atoms with Gasteiger partial charge in [-0.05, 0) is 151 Å². The van der Waals surface area contributed by atoms with E-state index in [1.54, 1.807) is 46.9 Å². The van der Waals surface area contributed by atoms with Gasteiger partial charge < -0.3 is 0 Å². The molecule has 8 aromatic carbocycles. The zero-order valence-electron chi connectivity index (χ0n) is 49.6. The Bertz CT molecular complexity index is 4890. The van der Waals surface area contributed by atoms with E-state index in [2.05, 4.69) is 187 Å². The van der Waals surface area contributed by atoms with Crippen LogP contribution in [0.2, 0.25) is 0 Å². The molecule has 0 aliphatic heterocycles. The van der Waals surface area contributed by atoms with E-state index in [1.165, 1.54) is 89.7 Å². The molecule has 0 aliphatic carbocycles. The van der Waals surface area contributed by atoms with Crippen LogP contribution in [-0.2, 0) is 21.1 Å². The van der Waals surface area contributed by atoms with Crippen molar-refractivity contribution >= 4 is 127 Å². The van der Waals surface area contributed by atoms with E-state index in [0.29, 0.717) is 11.1 Å². The lowest BCUT2D eigenvalue weighted by Crippen LogP contribution is -2.31. The van der Waals surface area contributed by atoms with Crippen molar-refractivity contribution < 1.29 is 21.9 Å². The molecule has 0 unspecified atom stereocenters. The molecule has 0 aliphatic rings. The van der Waals surface area contributed by atoms with Crippen LogP contribution in [-0.4, -0.2) is 4.98 Å². The lowest BCUT2D eigenvalue weighted by atomic mass is 10.0. The minimum Gasteiger partial charge on any atom is -0.237 e. The monoisotopic (exact) mass is 1060 g/mol. The number of rotatable bonds is 3. The van der Waals surface area contributed by atoms with E-state index in [4.69, 9.17) is 13.2 Å². The Kier molecular flexibility index (Phi) is 10.6. The van der Waals surface area contributed by atoms with Crippen molar-refractivity contribution in [3.63, 3.8) is 0 Å². The molecule has 7 heteroatoms. The van der Waals surface area contributed by atoms with E-state index in [1.807, 2.05) is 55.5 Å². The molecule has 0 atom stereocenters. The van der Waals surface area contributed by atoms with Gasteiger partial charge in [0, 0.05) is 74.1 Å². The van der Waals surface area contributed by atoms with Gasteiger partial charge >= 0.3 is 0 Å². The Balaban J connectivity index is 0.000000117. The lowest BCUT2D eigenvalue weighted by molar-refractivity contribution is -0.631. The number of fused-ring (bicyclic) bond motifs is 13. The fourth-order valence-electron chi connectivity index (χ4n) is 11.2. The van der Waals surface area contributed by atoms with E-state index >= 15 is 0 Å². The van der Waals surface area contributed by atoms with Gasteiger partial charge in [0.25, 0.3) is 14.5 Å². The molecule has 0 radical (unpaired) electrons. The van der Waals surface area contributed by atoms with Crippen LogP contribution >= 0.6 is 34.0 Å². The third-order valence-corrected chi connectivity index (χ3v) is 18.9. The van der Waals surface area contributed by atoms with Crippen molar-refractivity contribution in [3.05, 3.63) is 228 Å². The molecule has 0 fully saturated rings. The number of hydrogen-bond acceptors (Lipinski definition) is 4. The first-order chi connectivity index (χ1) is 39.9. The molecule has 0 spiro atoms. The zero-order chi connectivity index (χ0) is 57.6. The summed E-state index contributed by atoms with van der Waals surface area (Å²) in [5.41, 5.74) is 11.8. The maximum absolute atomic E-state index is 7.65. The average Bonchev–Trinajstić information content (AvgIpc) is 4.37. The summed E-state index contributed by atoms with van der Waals surface area (Å²) in [7, 11) is 6.33. The van der Waals surface area contributed by atoms with Crippen molar-refractivity contribution in [2.75, 3.05) is 0 Å². The van der Waals surface area contributed by atoms with Crippen LogP contribution in [0.4, 0.5) is 0 Å². The van der Waals surface area contributed by atoms with Gasteiger partial charge in [-0.25, -0.2) is 4.98 Å². The SMILES string of the molecule is Cc1ccccc1-c1ccc2c3c(ccc4ccccc43)sc2[n+]1C.[2H]C([2H])([2H])c1ccc(-c2ccc3c4cc5ccccc5cc4sc3[n+]2C)c(C)c1.[2H]C([2H])([2H])c1ccc(-c2ccc3c4cc5ccccc5nc4sc3[n+]2C)c(C)c1.